The fourth-order valence-electron chi connectivity index (χ4n) is 4.65. The van der Waals surface area contributed by atoms with Gasteiger partial charge in [0.25, 0.3) is 0 Å². The number of rotatable bonds is 9. The van der Waals surface area contributed by atoms with Gasteiger partial charge in [0.2, 0.25) is 0 Å². The first-order valence-corrected chi connectivity index (χ1v) is 12.0. The molecule has 1 aliphatic carbocycles. The molecule has 5 heteroatoms. The highest BCUT2D eigenvalue weighted by atomic mass is 16.5. The van der Waals surface area contributed by atoms with E-state index in [1.54, 1.807) is 12.1 Å². The van der Waals surface area contributed by atoms with Gasteiger partial charge in [-0.25, -0.2) is 4.79 Å². The van der Waals surface area contributed by atoms with Gasteiger partial charge in [-0.15, -0.1) is 0 Å². The van der Waals surface area contributed by atoms with Gasteiger partial charge in [0.15, 0.2) is 0 Å². The van der Waals surface area contributed by atoms with Crippen molar-refractivity contribution >= 4 is 11.7 Å². The molecular formula is C28H37NO4. The summed E-state index contributed by atoms with van der Waals surface area (Å²) >= 11 is 0. The van der Waals surface area contributed by atoms with E-state index in [-0.39, 0.29) is 16.4 Å². The predicted octanol–water partition coefficient (Wildman–Crippen LogP) is 6.92. The zero-order chi connectivity index (χ0) is 24.2. The number of unbranched alkanes of at least 4 members (excludes halogenated alkanes) is 3. The minimum atomic E-state index is -0.988. The summed E-state index contributed by atoms with van der Waals surface area (Å²) in [7, 11) is 0. The minimum Gasteiger partial charge on any atom is -0.493 e. The van der Waals surface area contributed by atoms with Gasteiger partial charge in [-0.05, 0) is 65.5 Å². The van der Waals surface area contributed by atoms with E-state index in [4.69, 9.17) is 4.74 Å². The van der Waals surface area contributed by atoms with Gasteiger partial charge in [-0.2, -0.15) is 0 Å². The highest BCUT2D eigenvalue weighted by Crippen LogP contribution is 2.48. The summed E-state index contributed by atoms with van der Waals surface area (Å²) < 4.78 is 6.29. The van der Waals surface area contributed by atoms with E-state index in [9.17, 15) is 15.1 Å². The Balaban J connectivity index is 2.09. The number of ether oxygens (including phenoxy) is 1. The number of hydrogen-bond donors (Lipinski definition) is 2. The van der Waals surface area contributed by atoms with Crippen LogP contribution >= 0.6 is 0 Å². The summed E-state index contributed by atoms with van der Waals surface area (Å²) in [6.45, 7) is 11.9. The van der Waals surface area contributed by atoms with Crippen LogP contribution in [-0.4, -0.2) is 28.6 Å². The van der Waals surface area contributed by atoms with Gasteiger partial charge in [0, 0.05) is 11.1 Å². The lowest BCUT2D eigenvalue weighted by Gasteiger charge is -2.42. The molecule has 178 valence electrons. The van der Waals surface area contributed by atoms with Crippen LogP contribution in [0.2, 0.25) is 0 Å². The average molecular weight is 452 g/mol. The largest absolute Gasteiger partial charge is 0.493 e. The summed E-state index contributed by atoms with van der Waals surface area (Å²) in [6.07, 6.45) is 6.61. The summed E-state index contributed by atoms with van der Waals surface area (Å²) in [6, 6.07) is 10.7. The zero-order valence-electron chi connectivity index (χ0n) is 20.6. The maximum absolute atomic E-state index is 11.3. The second-order valence-corrected chi connectivity index (χ2v) is 10.4. The lowest BCUT2D eigenvalue weighted by molar-refractivity contribution is 0.0697. The second-order valence-electron chi connectivity index (χ2n) is 10.4. The van der Waals surface area contributed by atoms with E-state index in [0.29, 0.717) is 23.6 Å². The maximum Gasteiger partial charge on any atom is 0.335 e. The Morgan fingerprint density at radius 2 is 1.52 bits per heavy atom. The SMILES string of the molecule is CCCCCCOc1cc2c(cc1C(=NO)c1ccc(C(=O)O)cc1)C(C)(C)CCC2(C)C. The van der Waals surface area contributed by atoms with Crippen molar-refractivity contribution in [3.8, 4) is 5.75 Å². The van der Waals surface area contributed by atoms with Gasteiger partial charge in [0.05, 0.1) is 12.2 Å². The van der Waals surface area contributed by atoms with Gasteiger partial charge in [0.1, 0.15) is 11.5 Å². The Hall–Kier alpha value is -2.82. The molecule has 1 aliphatic rings. The highest BCUT2D eigenvalue weighted by molar-refractivity contribution is 6.14. The van der Waals surface area contributed by atoms with Crippen LogP contribution in [0.25, 0.3) is 0 Å². The monoisotopic (exact) mass is 451 g/mol. The summed E-state index contributed by atoms with van der Waals surface area (Å²) in [5, 5.41) is 22.9. The third kappa shape index (κ3) is 5.40. The smallest absolute Gasteiger partial charge is 0.335 e. The number of carboxylic acids is 1. The normalized spacial score (nSPS) is 16.8. The molecule has 0 amide bonds. The van der Waals surface area contributed by atoms with Crippen LogP contribution in [0.15, 0.2) is 41.6 Å². The molecule has 2 aromatic rings. The molecule has 0 saturated carbocycles. The fraction of sp³-hybridized carbons (Fsp3) is 0.500. The molecule has 0 aromatic heterocycles. The molecule has 33 heavy (non-hydrogen) atoms. The third-order valence-electron chi connectivity index (χ3n) is 6.97. The molecule has 0 atom stereocenters. The quantitative estimate of drug-likeness (QED) is 0.188. The molecule has 0 heterocycles. The molecule has 0 spiro atoms. The van der Waals surface area contributed by atoms with Gasteiger partial charge < -0.3 is 15.1 Å². The fourth-order valence-corrected chi connectivity index (χ4v) is 4.65. The van der Waals surface area contributed by atoms with E-state index in [1.807, 2.05) is 0 Å². The molecule has 2 aromatic carbocycles. The summed E-state index contributed by atoms with van der Waals surface area (Å²) in [5.41, 5.74) is 4.51. The molecule has 0 radical (unpaired) electrons. The molecule has 0 aliphatic heterocycles. The van der Waals surface area contributed by atoms with Crippen molar-refractivity contribution in [2.75, 3.05) is 6.61 Å². The lowest BCUT2D eigenvalue weighted by Crippen LogP contribution is -2.34. The average Bonchev–Trinajstić information content (AvgIpc) is 2.78. The molecule has 5 nitrogen and oxygen atoms in total. The molecule has 0 saturated heterocycles. The highest BCUT2D eigenvalue weighted by Gasteiger charge is 2.38. The molecular weight excluding hydrogens is 414 g/mol. The van der Waals surface area contributed by atoms with Gasteiger partial charge >= 0.3 is 5.97 Å². The lowest BCUT2D eigenvalue weighted by atomic mass is 9.62. The first-order chi connectivity index (χ1) is 15.6. The van der Waals surface area contributed by atoms with Crippen LogP contribution in [0, 0.1) is 0 Å². The van der Waals surface area contributed by atoms with Crippen LogP contribution in [0.4, 0.5) is 0 Å². The van der Waals surface area contributed by atoms with Gasteiger partial charge in [-0.1, -0.05) is 71.2 Å². The van der Waals surface area contributed by atoms with E-state index in [0.717, 1.165) is 31.2 Å². The van der Waals surface area contributed by atoms with Crippen molar-refractivity contribution in [1.82, 2.24) is 0 Å². The number of fused-ring (bicyclic) bond motifs is 1. The van der Waals surface area contributed by atoms with E-state index >= 15 is 0 Å². The number of benzene rings is 2. The van der Waals surface area contributed by atoms with Crippen molar-refractivity contribution in [2.24, 2.45) is 5.16 Å². The van der Waals surface area contributed by atoms with Gasteiger partial charge in [-0.3, -0.25) is 0 Å². The number of aromatic carboxylic acids is 1. The van der Waals surface area contributed by atoms with E-state index < -0.39 is 5.97 Å². The van der Waals surface area contributed by atoms with Crippen molar-refractivity contribution < 1.29 is 19.8 Å². The Labute approximate surface area is 197 Å². The van der Waals surface area contributed by atoms with Crippen molar-refractivity contribution in [3.05, 3.63) is 64.2 Å². The maximum atomic E-state index is 11.3. The zero-order valence-corrected chi connectivity index (χ0v) is 20.6. The van der Waals surface area contributed by atoms with Crippen LogP contribution in [0.1, 0.15) is 106 Å². The number of oxime groups is 1. The summed E-state index contributed by atoms with van der Waals surface area (Å²) in [4.78, 5) is 11.3. The second kappa shape index (κ2) is 9.98. The minimum absolute atomic E-state index is 0.00695. The Morgan fingerprint density at radius 1 is 0.939 bits per heavy atom. The first kappa shape index (κ1) is 24.8. The predicted molar refractivity (Wildman–Crippen MR) is 132 cm³/mol. The van der Waals surface area contributed by atoms with Crippen molar-refractivity contribution in [2.45, 2.75) is 84.0 Å². The Morgan fingerprint density at radius 3 is 2.06 bits per heavy atom. The topological polar surface area (TPSA) is 79.1 Å². The number of hydrogen-bond acceptors (Lipinski definition) is 4. The Kier molecular flexibility index (Phi) is 7.51. The Bertz CT molecular complexity index is 1020. The van der Waals surface area contributed by atoms with E-state index in [1.165, 1.54) is 36.1 Å². The third-order valence-corrected chi connectivity index (χ3v) is 6.97. The first-order valence-electron chi connectivity index (χ1n) is 12.0. The van der Waals surface area contributed by atoms with E-state index in [2.05, 4.69) is 51.9 Å². The number of carboxylic acid groups (broad SMARTS) is 1. The number of carbonyl (C=O) groups is 1. The van der Waals surface area contributed by atoms with Crippen LogP contribution in [-0.2, 0) is 10.8 Å². The standard InChI is InChI=1S/C28H37NO4/c1-6-7-8-9-16-33-24-18-23-22(27(2,3)14-15-28(23,4)5)17-21(24)25(29-32)19-10-12-20(13-11-19)26(30)31/h10-13,17-18,32H,6-9,14-16H2,1-5H3,(H,30,31). The molecule has 0 bridgehead atoms. The molecule has 3 rings (SSSR count). The summed E-state index contributed by atoms with van der Waals surface area (Å²) in [5.74, 6) is -0.274. The van der Waals surface area contributed by atoms with Crippen LogP contribution in [0.5, 0.6) is 5.75 Å². The molecule has 0 fully saturated rings. The van der Waals surface area contributed by atoms with Crippen LogP contribution in [0.3, 0.4) is 0 Å². The molecule has 2 N–H and O–H groups in total. The molecule has 0 unspecified atom stereocenters. The van der Waals surface area contributed by atoms with Crippen LogP contribution < -0.4 is 4.74 Å². The number of nitrogens with zero attached hydrogens (tertiary/aromatic N) is 1. The van der Waals surface area contributed by atoms with Crippen molar-refractivity contribution in [3.63, 3.8) is 0 Å². The van der Waals surface area contributed by atoms with Crippen molar-refractivity contribution in [1.29, 1.82) is 0 Å².